The molecule has 6 nitrogen and oxygen atoms in total. The van der Waals surface area contributed by atoms with Gasteiger partial charge < -0.3 is 15.7 Å². The second kappa shape index (κ2) is 7.14. The molecule has 0 aromatic heterocycles. The Bertz CT molecular complexity index is 549. The van der Waals surface area contributed by atoms with Crippen molar-refractivity contribution in [2.75, 3.05) is 11.9 Å². The maximum Gasteiger partial charge on any atom is 0.319 e. The highest BCUT2D eigenvalue weighted by Crippen LogP contribution is 2.17. The molecule has 20 heavy (non-hydrogen) atoms. The van der Waals surface area contributed by atoms with E-state index in [2.05, 4.69) is 10.6 Å². The number of carboxylic acid groups (broad SMARTS) is 1. The van der Waals surface area contributed by atoms with Gasteiger partial charge in [0.1, 0.15) is 6.07 Å². The van der Waals surface area contributed by atoms with Crippen LogP contribution in [0.1, 0.15) is 24.5 Å². The van der Waals surface area contributed by atoms with Gasteiger partial charge in [0.05, 0.1) is 17.2 Å². The Kier molecular flexibility index (Phi) is 5.54. The first-order valence-corrected chi connectivity index (χ1v) is 6.23. The van der Waals surface area contributed by atoms with Crippen molar-refractivity contribution in [1.82, 2.24) is 5.32 Å². The first-order chi connectivity index (χ1) is 9.45. The predicted molar refractivity (Wildman–Crippen MR) is 74.3 cm³/mol. The summed E-state index contributed by atoms with van der Waals surface area (Å²) in [6.45, 7) is 3.62. The number of carbonyl (C=O) groups is 2. The van der Waals surface area contributed by atoms with Gasteiger partial charge in [0.2, 0.25) is 0 Å². The first-order valence-electron chi connectivity index (χ1n) is 6.23. The van der Waals surface area contributed by atoms with Crippen LogP contribution in [0.3, 0.4) is 0 Å². The fourth-order valence-corrected chi connectivity index (χ4v) is 1.61. The SMILES string of the molecule is Cc1cccc(NC(=O)NCCC(C)C(=O)O)c1C#N. The van der Waals surface area contributed by atoms with Crippen molar-refractivity contribution >= 4 is 17.7 Å². The zero-order valence-electron chi connectivity index (χ0n) is 11.4. The number of aliphatic carboxylic acids is 1. The number of urea groups is 1. The molecule has 1 unspecified atom stereocenters. The number of hydrogen-bond acceptors (Lipinski definition) is 3. The minimum Gasteiger partial charge on any atom is -0.481 e. The van der Waals surface area contributed by atoms with Crippen molar-refractivity contribution in [3.63, 3.8) is 0 Å². The van der Waals surface area contributed by atoms with E-state index < -0.39 is 17.9 Å². The van der Waals surface area contributed by atoms with Crippen LogP contribution < -0.4 is 10.6 Å². The van der Waals surface area contributed by atoms with Gasteiger partial charge in [-0.25, -0.2) is 4.79 Å². The van der Waals surface area contributed by atoms with Crippen LogP contribution in [0.5, 0.6) is 0 Å². The summed E-state index contributed by atoms with van der Waals surface area (Å²) in [6, 6.07) is 6.76. The molecule has 0 spiro atoms. The van der Waals surface area contributed by atoms with Gasteiger partial charge in [-0.2, -0.15) is 5.26 Å². The quantitative estimate of drug-likeness (QED) is 0.765. The number of carbonyl (C=O) groups excluding carboxylic acids is 1. The van der Waals surface area contributed by atoms with Crippen LogP contribution in [0.15, 0.2) is 18.2 Å². The van der Waals surface area contributed by atoms with Crippen molar-refractivity contribution in [3.8, 4) is 6.07 Å². The van der Waals surface area contributed by atoms with Crippen LogP contribution in [-0.4, -0.2) is 23.7 Å². The molecule has 0 radical (unpaired) electrons. The van der Waals surface area contributed by atoms with Crippen LogP contribution in [-0.2, 0) is 4.79 Å². The van der Waals surface area contributed by atoms with Gasteiger partial charge in [0, 0.05) is 6.54 Å². The molecule has 1 rings (SSSR count). The standard InChI is InChI=1S/C14H17N3O3/c1-9-4-3-5-12(11(9)8-15)17-14(20)16-7-6-10(2)13(18)19/h3-5,10H,6-7H2,1-2H3,(H,18,19)(H2,16,17,20). The Hall–Kier alpha value is -2.55. The van der Waals surface area contributed by atoms with E-state index in [0.29, 0.717) is 17.7 Å². The summed E-state index contributed by atoms with van der Waals surface area (Å²) >= 11 is 0. The maximum atomic E-state index is 11.7. The summed E-state index contributed by atoms with van der Waals surface area (Å²) in [6.07, 6.45) is 0.349. The predicted octanol–water partition coefficient (Wildman–Crippen LogP) is 2.10. The Morgan fingerprint density at radius 3 is 2.75 bits per heavy atom. The lowest BCUT2D eigenvalue weighted by molar-refractivity contribution is -0.141. The average Bonchev–Trinajstić information content (AvgIpc) is 2.38. The van der Waals surface area contributed by atoms with Gasteiger partial charge in [-0.3, -0.25) is 4.79 Å². The second-order valence-corrected chi connectivity index (χ2v) is 4.52. The lowest BCUT2D eigenvalue weighted by atomic mass is 10.1. The highest BCUT2D eigenvalue weighted by molar-refractivity contribution is 5.91. The van der Waals surface area contributed by atoms with E-state index in [0.717, 1.165) is 5.56 Å². The highest BCUT2D eigenvalue weighted by Gasteiger charge is 2.12. The fraction of sp³-hybridized carbons (Fsp3) is 0.357. The Morgan fingerprint density at radius 1 is 1.45 bits per heavy atom. The van der Waals surface area contributed by atoms with E-state index in [9.17, 15) is 9.59 Å². The summed E-state index contributed by atoms with van der Waals surface area (Å²) in [5.41, 5.74) is 1.64. The molecule has 0 aliphatic rings. The molecule has 1 atom stereocenters. The zero-order valence-corrected chi connectivity index (χ0v) is 11.4. The van der Waals surface area contributed by atoms with Crippen molar-refractivity contribution in [2.24, 2.45) is 5.92 Å². The molecule has 3 N–H and O–H groups in total. The molecule has 0 aliphatic carbocycles. The van der Waals surface area contributed by atoms with Gasteiger partial charge in [-0.05, 0) is 25.0 Å². The molecule has 1 aromatic carbocycles. The summed E-state index contributed by atoms with van der Waals surface area (Å²) in [5, 5.41) is 22.9. The minimum atomic E-state index is -0.891. The fourth-order valence-electron chi connectivity index (χ4n) is 1.61. The van der Waals surface area contributed by atoms with E-state index in [1.54, 1.807) is 32.0 Å². The van der Waals surface area contributed by atoms with E-state index in [1.807, 2.05) is 6.07 Å². The molecule has 106 valence electrons. The summed E-state index contributed by atoms with van der Waals surface area (Å²) in [5.74, 6) is -1.40. The number of carboxylic acids is 1. The van der Waals surface area contributed by atoms with Crippen molar-refractivity contribution in [3.05, 3.63) is 29.3 Å². The lowest BCUT2D eigenvalue weighted by Crippen LogP contribution is -2.31. The van der Waals surface area contributed by atoms with E-state index in [-0.39, 0.29) is 6.54 Å². The average molecular weight is 275 g/mol. The molecule has 0 aliphatic heterocycles. The Balaban J connectivity index is 2.54. The maximum absolute atomic E-state index is 11.7. The monoisotopic (exact) mass is 275 g/mol. The smallest absolute Gasteiger partial charge is 0.319 e. The van der Waals surface area contributed by atoms with Crippen LogP contribution in [0.25, 0.3) is 0 Å². The molecule has 2 amide bonds. The van der Waals surface area contributed by atoms with Gasteiger partial charge in [-0.1, -0.05) is 19.1 Å². The largest absolute Gasteiger partial charge is 0.481 e. The van der Waals surface area contributed by atoms with Gasteiger partial charge in [0.25, 0.3) is 0 Å². The third-order valence-electron chi connectivity index (χ3n) is 2.92. The second-order valence-electron chi connectivity index (χ2n) is 4.52. The molecule has 0 saturated heterocycles. The van der Waals surface area contributed by atoms with Crippen molar-refractivity contribution in [1.29, 1.82) is 5.26 Å². The Labute approximate surface area is 117 Å². The Morgan fingerprint density at radius 2 is 2.15 bits per heavy atom. The topological polar surface area (TPSA) is 102 Å². The molecule has 6 heteroatoms. The van der Waals surface area contributed by atoms with E-state index in [1.165, 1.54) is 0 Å². The van der Waals surface area contributed by atoms with Crippen LogP contribution in [0, 0.1) is 24.2 Å². The highest BCUT2D eigenvalue weighted by atomic mass is 16.4. The van der Waals surface area contributed by atoms with E-state index in [4.69, 9.17) is 10.4 Å². The zero-order chi connectivity index (χ0) is 15.1. The van der Waals surface area contributed by atoms with Crippen LogP contribution in [0.2, 0.25) is 0 Å². The molecule has 1 aromatic rings. The number of rotatable bonds is 5. The van der Waals surface area contributed by atoms with Gasteiger partial charge in [0.15, 0.2) is 0 Å². The molecule has 0 fully saturated rings. The minimum absolute atomic E-state index is 0.257. The molecular formula is C14H17N3O3. The number of amides is 2. The lowest BCUT2D eigenvalue weighted by Gasteiger charge is -2.11. The number of benzene rings is 1. The third-order valence-corrected chi connectivity index (χ3v) is 2.92. The number of aryl methyl sites for hydroxylation is 1. The van der Waals surface area contributed by atoms with Crippen LogP contribution in [0.4, 0.5) is 10.5 Å². The normalized spacial score (nSPS) is 11.2. The number of nitriles is 1. The summed E-state index contributed by atoms with van der Waals surface area (Å²) < 4.78 is 0. The number of nitrogens with zero attached hydrogens (tertiary/aromatic N) is 1. The summed E-state index contributed by atoms with van der Waals surface area (Å²) in [4.78, 5) is 22.3. The number of hydrogen-bond donors (Lipinski definition) is 3. The molecule has 0 heterocycles. The number of nitrogens with one attached hydrogen (secondary N) is 2. The van der Waals surface area contributed by atoms with Crippen LogP contribution >= 0.6 is 0 Å². The molecule has 0 bridgehead atoms. The number of anilines is 1. The van der Waals surface area contributed by atoms with Crippen molar-refractivity contribution < 1.29 is 14.7 Å². The van der Waals surface area contributed by atoms with Gasteiger partial charge >= 0.3 is 12.0 Å². The van der Waals surface area contributed by atoms with Crippen molar-refractivity contribution in [2.45, 2.75) is 20.3 Å². The van der Waals surface area contributed by atoms with E-state index >= 15 is 0 Å². The molecule has 0 saturated carbocycles. The first kappa shape index (κ1) is 15.5. The summed E-state index contributed by atoms with van der Waals surface area (Å²) in [7, 11) is 0. The van der Waals surface area contributed by atoms with Gasteiger partial charge in [-0.15, -0.1) is 0 Å². The molecular weight excluding hydrogens is 258 g/mol. The third kappa shape index (κ3) is 4.28.